The molecule has 1 N–H and O–H groups in total. The number of nitrogens with one attached hydrogen (secondary N) is 1. The molecular weight excluding hydrogens is 458 g/mol. The highest BCUT2D eigenvalue weighted by Gasteiger charge is 2.24. The SMILES string of the molecule is CC(C)C(NC(=O)c1ccc(Sc2nncn2C)c([N+](=O)[O-])c1)c1ccc2c(c1)OCCCO2. The summed E-state index contributed by atoms with van der Waals surface area (Å²) in [5.74, 6) is 0.996. The van der Waals surface area contributed by atoms with E-state index in [1.165, 1.54) is 12.4 Å². The molecule has 1 aliphatic heterocycles. The van der Waals surface area contributed by atoms with Gasteiger partial charge in [0.2, 0.25) is 0 Å². The third-order valence-corrected chi connectivity index (χ3v) is 6.49. The molecule has 0 spiro atoms. The average Bonchev–Trinajstić information content (AvgIpc) is 3.07. The van der Waals surface area contributed by atoms with Crippen molar-refractivity contribution in [2.45, 2.75) is 36.4 Å². The highest BCUT2D eigenvalue weighted by molar-refractivity contribution is 7.99. The Labute approximate surface area is 200 Å². The van der Waals surface area contributed by atoms with Gasteiger partial charge in [0.1, 0.15) is 6.33 Å². The van der Waals surface area contributed by atoms with E-state index in [0.29, 0.717) is 34.8 Å². The van der Waals surface area contributed by atoms with Crippen LogP contribution >= 0.6 is 11.8 Å². The molecule has 1 amide bonds. The van der Waals surface area contributed by atoms with Crippen LogP contribution in [0.1, 0.15) is 42.2 Å². The average molecular weight is 484 g/mol. The van der Waals surface area contributed by atoms with Crippen molar-refractivity contribution in [1.82, 2.24) is 20.1 Å². The number of benzene rings is 2. The Morgan fingerprint density at radius 2 is 1.94 bits per heavy atom. The van der Waals surface area contributed by atoms with E-state index in [0.717, 1.165) is 23.7 Å². The number of nitro benzene ring substituents is 1. The van der Waals surface area contributed by atoms with Crippen LogP contribution in [-0.2, 0) is 7.05 Å². The van der Waals surface area contributed by atoms with Crippen molar-refractivity contribution in [3.63, 3.8) is 0 Å². The quantitative estimate of drug-likeness (QED) is 0.393. The number of amides is 1. The summed E-state index contributed by atoms with van der Waals surface area (Å²) in [6, 6.07) is 9.74. The first-order chi connectivity index (χ1) is 16.3. The van der Waals surface area contributed by atoms with Gasteiger partial charge in [-0.25, -0.2) is 0 Å². The molecule has 1 unspecified atom stereocenters. The maximum atomic E-state index is 13.1. The fourth-order valence-corrected chi connectivity index (χ4v) is 4.43. The molecule has 11 heteroatoms. The second-order valence-electron chi connectivity index (χ2n) is 8.22. The number of aromatic nitrogens is 3. The highest BCUT2D eigenvalue weighted by Crippen LogP contribution is 2.36. The van der Waals surface area contributed by atoms with Gasteiger partial charge in [-0.2, -0.15) is 0 Å². The first-order valence-electron chi connectivity index (χ1n) is 10.8. The van der Waals surface area contributed by atoms with E-state index < -0.39 is 10.8 Å². The van der Waals surface area contributed by atoms with Crippen molar-refractivity contribution in [3.05, 3.63) is 64.0 Å². The normalized spacial score (nSPS) is 13.9. The Kier molecular flexibility index (Phi) is 7.01. The molecule has 34 heavy (non-hydrogen) atoms. The van der Waals surface area contributed by atoms with Crippen molar-refractivity contribution < 1.29 is 19.2 Å². The van der Waals surface area contributed by atoms with Crippen LogP contribution in [-0.4, -0.2) is 38.8 Å². The van der Waals surface area contributed by atoms with Gasteiger partial charge in [0.05, 0.1) is 29.1 Å². The first-order valence-corrected chi connectivity index (χ1v) is 11.7. The summed E-state index contributed by atoms with van der Waals surface area (Å²) in [5, 5.41) is 23.0. The summed E-state index contributed by atoms with van der Waals surface area (Å²) >= 11 is 1.12. The Bertz CT molecular complexity index is 1210. The highest BCUT2D eigenvalue weighted by atomic mass is 32.2. The fraction of sp³-hybridized carbons (Fsp3) is 0.348. The van der Waals surface area contributed by atoms with Crippen molar-refractivity contribution in [1.29, 1.82) is 0 Å². The molecule has 178 valence electrons. The third kappa shape index (κ3) is 5.14. The lowest BCUT2D eigenvalue weighted by Crippen LogP contribution is -2.31. The second kappa shape index (κ2) is 10.1. The lowest BCUT2D eigenvalue weighted by atomic mass is 9.95. The summed E-state index contributed by atoms with van der Waals surface area (Å²) in [7, 11) is 1.75. The fourth-order valence-electron chi connectivity index (χ4n) is 3.58. The minimum absolute atomic E-state index is 0.0643. The maximum Gasteiger partial charge on any atom is 0.284 e. The Balaban J connectivity index is 1.57. The minimum Gasteiger partial charge on any atom is -0.490 e. The van der Waals surface area contributed by atoms with Gasteiger partial charge in [0, 0.05) is 25.1 Å². The molecule has 0 aliphatic carbocycles. The van der Waals surface area contributed by atoms with Crippen LogP contribution in [0.3, 0.4) is 0 Å². The van der Waals surface area contributed by atoms with Crippen LogP contribution < -0.4 is 14.8 Å². The van der Waals surface area contributed by atoms with Gasteiger partial charge in [-0.15, -0.1) is 10.2 Å². The number of hydrogen-bond acceptors (Lipinski definition) is 8. The summed E-state index contributed by atoms with van der Waals surface area (Å²) in [6.07, 6.45) is 2.32. The minimum atomic E-state index is -0.501. The van der Waals surface area contributed by atoms with Crippen molar-refractivity contribution in [2.75, 3.05) is 13.2 Å². The second-order valence-corrected chi connectivity index (χ2v) is 9.23. The molecule has 1 atom stereocenters. The Morgan fingerprint density at radius 1 is 1.18 bits per heavy atom. The van der Waals surface area contributed by atoms with Gasteiger partial charge in [-0.05, 0) is 47.5 Å². The molecule has 0 bridgehead atoms. The van der Waals surface area contributed by atoms with E-state index in [1.54, 1.807) is 23.7 Å². The van der Waals surface area contributed by atoms with Gasteiger partial charge in [-0.1, -0.05) is 19.9 Å². The number of rotatable bonds is 7. The zero-order valence-electron chi connectivity index (χ0n) is 19.1. The number of carbonyl (C=O) groups is 1. The number of carbonyl (C=O) groups excluding carboxylic acids is 1. The molecule has 2 heterocycles. The smallest absolute Gasteiger partial charge is 0.284 e. The summed E-state index contributed by atoms with van der Waals surface area (Å²) < 4.78 is 13.2. The van der Waals surface area contributed by atoms with Crippen molar-refractivity contribution in [2.24, 2.45) is 13.0 Å². The standard InChI is InChI=1S/C23H25N5O5S/c1-14(2)21(15-5-7-18-19(12-15)33-10-4-9-32-18)25-22(29)16-6-8-20(17(11-16)28(30)31)34-23-26-24-13-27(23)3/h5-8,11-14,21H,4,9-10H2,1-3H3,(H,25,29). The predicted octanol–water partition coefficient (Wildman–Crippen LogP) is 4.16. The van der Waals surface area contributed by atoms with Crippen LogP contribution in [0.4, 0.5) is 5.69 Å². The molecule has 10 nitrogen and oxygen atoms in total. The topological polar surface area (TPSA) is 121 Å². The van der Waals surface area contributed by atoms with E-state index in [-0.39, 0.29) is 23.2 Å². The summed E-state index contributed by atoms with van der Waals surface area (Å²) in [6.45, 7) is 5.16. The lowest BCUT2D eigenvalue weighted by molar-refractivity contribution is -0.387. The first kappa shape index (κ1) is 23.6. The van der Waals surface area contributed by atoms with Crippen LogP contribution in [0.15, 0.2) is 52.8 Å². The number of hydrogen-bond donors (Lipinski definition) is 1. The monoisotopic (exact) mass is 483 g/mol. The van der Waals surface area contributed by atoms with Crippen LogP contribution in [0.25, 0.3) is 0 Å². The predicted molar refractivity (Wildman–Crippen MR) is 125 cm³/mol. The molecule has 1 aromatic heterocycles. The van der Waals surface area contributed by atoms with E-state index in [1.807, 2.05) is 32.0 Å². The molecule has 0 radical (unpaired) electrons. The van der Waals surface area contributed by atoms with Crippen LogP contribution in [0.2, 0.25) is 0 Å². The van der Waals surface area contributed by atoms with E-state index in [9.17, 15) is 14.9 Å². The van der Waals surface area contributed by atoms with Gasteiger partial charge >= 0.3 is 0 Å². The van der Waals surface area contributed by atoms with Gasteiger partial charge in [-0.3, -0.25) is 14.9 Å². The molecule has 3 aromatic rings. The molecule has 2 aromatic carbocycles. The van der Waals surface area contributed by atoms with E-state index in [2.05, 4.69) is 15.5 Å². The Hall–Kier alpha value is -3.60. The number of nitrogens with zero attached hydrogens (tertiary/aromatic N) is 4. The molecule has 0 fully saturated rings. The molecule has 0 saturated carbocycles. The third-order valence-electron chi connectivity index (χ3n) is 5.37. The molecule has 1 aliphatic rings. The Morgan fingerprint density at radius 3 is 2.62 bits per heavy atom. The van der Waals surface area contributed by atoms with E-state index in [4.69, 9.17) is 9.47 Å². The van der Waals surface area contributed by atoms with Crippen LogP contribution in [0, 0.1) is 16.0 Å². The number of ether oxygens (including phenoxy) is 2. The zero-order valence-corrected chi connectivity index (χ0v) is 19.9. The van der Waals surface area contributed by atoms with Crippen molar-refractivity contribution >= 4 is 23.4 Å². The number of aryl methyl sites for hydroxylation is 1. The molecule has 4 rings (SSSR count). The summed E-state index contributed by atoms with van der Waals surface area (Å²) in [5.41, 5.74) is 0.905. The molecule has 0 saturated heterocycles. The number of nitro groups is 1. The van der Waals surface area contributed by atoms with Gasteiger partial charge < -0.3 is 19.4 Å². The van der Waals surface area contributed by atoms with Gasteiger partial charge in [0.15, 0.2) is 16.7 Å². The summed E-state index contributed by atoms with van der Waals surface area (Å²) in [4.78, 5) is 24.7. The largest absolute Gasteiger partial charge is 0.490 e. The van der Waals surface area contributed by atoms with Crippen LogP contribution in [0.5, 0.6) is 11.5 Å². The zero-order chi connectivity index (χ0) is 24.2. The van der Waals surface area contributed by atoms with Gasteiger partial charge in [0.25, 0.3) is 11.6 Å². The lowest BCUT2D eigenvalue weighted by Gasteiger charge is -2.24. The van der Waals surface area contributed by atoms with E-state index >= 15 is 0 Å². The molecular formula is C23H25N5O5S. The number of fused-ring (bicyclic) bond motifs is 1. The van der Waals surface area contributed by atoms with Crippen molar-refractivity contribution in [3.8, 4) is 11.5 Å². The maximum absolute atomic E-state index is 13.1.